The first kappa shape index (κ1) is 12.1. The normalized spacial score (nSPS) is 10.6. The number of rotatable bonds is 2. The van der Waals surface area contributed by atoms with Crippen LogP contribution in [0.5, 0.6) is 0 Å². The van der Waals surface area contributed by atoms with Gasteiger partial charge in [0.1, 0.15) is 17.4 Å². The van der Waals surface area contributed by atoms with Gasteiger partial charge in [0.2, 0.25) is 0 Å². The number of nitrogens with zero attached hydrogens (tertiary/aromatic N) is 3. The van der Waals surface area contributed by atoms with Gasteiger partial charge in [-0.1, -0.05) is 6.07 Å². The molecule has 98 valence electrons. The first-order chi connectivity index (χ1) is 9.69. The minimum atomic E-state index is -0.537. The Morgan fingerprint density at radius 1 is 1.45 bits per heavy atom. The van der Waals surface area contributed by atoms with E-state index in [0.29, 0.717) is 11.9 Å². The highest BCUT2D eigenvalue weighted by Gasteiger charge is 2.07. The molecule has 1 N–H and O–H groups in total. The summed E-state index contributed by atoms with van der Waals surface area (Å²) < 4.78 is 15.0. The molecule has 2 aromatic heterocycles. The van der Waals surface area contributed by atoms with Crippen molar-refractivity contribution < 1.29 is 4.39 Å². The van der Waals surface area contributed by atoms with Crippen molar-refractivity contribution in [1.82, 2.24) is 14.4 Å². The fourth-order valence-electron chi connectivity index (χ4n) is 2.10. The fraction of sp³-hybridized carbons (Fsp3) is 0.0714. The van der Waals surface area contributed by atoms with Crippen LogP contribution >= 0.6 is 0 Å². The highest BCUT2D eigenvalue weighted by atomic mass is 19.1. The van der Waals surface area contributed by atoms with E-state index in [2.05, 4.69) is 9.97 Å². The molecule has 2 heterocycles. The highest BCUT2D eigenvalue weighted by molar-refractivity contribution is 5.44. The average Bonchev–Trinajstić information content (AvgIpc) is 2.94. The summed E-state index contributed by atoms with van der Waals surface area (Å²) in [6.45, 7) is 0. The molecule has 0 saturated heterocycles. The summed E-state index contributed by atoms with van der Waals surface area (Å²) in [5.74, 6) is -0.537. The molecule has 0 spiro atoms. The van der Waals surface area contributed by atoms with E-state index in [0.717, 1.165) is 11.3 Å². The average molecular weight is 268 g/mol. The van der Waals surface area contributed by atoms with Gasteiger partial charge >= 0.3 is 0 Å². The molecular formula is C14H9FN4O. The standard InChI is InChI=1S/C14H9FN4O/c15-12-2-1-9(3-10(12)5-16)4-11-6-18-14(20)13-7-17-8-19(11)13/h1-3,6-8H,4H2,(H,18,20). The Morgan fingerprint density at radius 2 is 2.30 bits per heavy atom. The summed E-state index contributed by atoms with van der Waals surface area (Å²) in [5.41, 5.74) is 1.82. The Labute approximate surface area is 112 Å². The predicted octanol–water partition coefficient (Wildman–Crippen LogP) is 1.62. The van der Waals surface area contributed by atoms with Gasteiger partial charge in [0.25, 0.3) is 5.56 Å². The molecule has 0 radical (unpaired) electrons. The minimum absolute atomic E-state index is 0.00815. The first-order valence-corrected chi connectivity index (χ1v) is 5.90. The van der Waals surface area contributed by atoms with Crippen LogP contribution in [0.15, 0.2) is 41.7 Å². The lowest BCUT2D eigenvalue weighted by Crippen LogP contribution is -2.11. The fourth-order valence-corrected chi connectivity index (χ4v) is 2.10. The number of hydrogen-bond acceptors (Lipinski definition) is 3. The molecule has 0 saturated carbocycles. The third-order valence-electron chi connectivity index (χ3n) is 3.09. The molecule has 0 bridgehead atoms. The number of imidazole rings is 1. The van der Waals surface area contributed by atoms with E-state index < -0.39 is 5.82 Å². The molecule has 0 atom stereocenters. The molecule has 0 unspecified atom stereocenters. The van der Waals surface area contributed by atoms with Crippen molar-refractivity contribution in [1.29, 1.82) is 5.26 Å². The van der Waals surface area contributed by atoms with Crippen LogP contribution in [0.1, 0.15) is 16.8 Å². The van der Waals surface area contributed by atoms with Crippen LogP contribution in [-0.2, 0) is 6.42 Å². The van der Waals surface area contributed by atoms with Crippen molar-refractivity contribution in [2.75, 3.05) is 0 Å². The van der Waals surface area contributed by atoms with Gasteiger partial charge < -0.3 is 4.98 Å². The number of hydrogen-bond donors (Lipinski definition) is 1. The van der Waals surface area contributed by atoms with Gasteiger partial charge in [-0.05, 0) is 17.7 Å². The summed E-state index contributed by atoms with van der Waals surface area (Å²) in [5, 5.41) is 8.83. The Balaban J connectivity index is 2.06. The largest absolute Gasteiger partial charge is 0.325 e. The smallest absolute Gasteiger partial charge is 0.273 e. The Morgan fingerprint density at radius 3 is 3.10 bits per heavy atom. The second-order valence-electron chi connectivity index (χ2n) is 4.36. The molecule has 3 aromatic rings. The third-order valence-corrected chi connectivity index (χ3v) is 3.09. The van der Waals surface area contributed by atoms with Crippen LogP contribution in [-0.4, -0.2) is 14.4 Å². The second-order valence-corrected chi connectivity index (χ2v) is 4.36. The highest BCUT2D eigenvalue weighted by Crippen LogP contribution is 2.13. The molecule has 5 nitrogen and oxygen atoms in total. The number of nitrogens with one attached hydrogen (secondary N) is 1. The summed E-state index contributed by atoms with van der Waals surface area (Å²) in [6, 6.07) is 6.20. The number of fused-ring (bicyclic) bond motifs is 1. The topological polar surface area (TPSA) is 73.9 Å². The molecule has 0 fully saturated rings. The lowest BCUT2D eigenvalue weighted by molar-refractivity contribution is 0.623. The molecule has 1 aromatic carbocycles. The monoisotopic (exact) mass is 268 g/mol. The van der Waals surface area contributed by atoms with Gasteiger partial charge in [0.05, 0.1) is 18.1 Å². The zero-order valence-electron chi connectivity index (χ0n) is 10.3. The maximum absolute atomic E-state index is 13.3. The van der Waals surface area contributed by atoms with E-state index in [1.807, 2.05) is 6.07 Å². The second kappa shape index (κ2) is 4.63. The van der Waals surface area contributed by atoms with Crippen LogP contribution in [0.4, 0.5) is 4.39 Å². The van der Waals surface area contributed by atoms with Crippen LogP contribution < -0.4 is 5.56 Å². The number of aromatic amines is 1. The van der Waals surface area contributed by atoms with Gasteiger partial charge in [0.15, 0.2) is 0 Å². The van der Waals surface area contributed by atoms with E-state index in [9.17, 15) is 9.18 Å². The summed E-state index contributed by atoms with van der Waals surface area (Å²) >= 11 is 0. The maximum Gasteiger partial charge on any atom is 0.273 e. The van der Waals surface area contributed by atoms with E-state index in [4.69, 9.17) is 5.26 Å². The predicted molar refractivity (Wildman–Crippen MR) is 69.7 cm³/mol. The van der Waals surface area contributed by atoms with E-state index in [1.165, 1.54) is 18.3 Å². The van der Waals surface area contributed by atoms with E-state index >= 15 is 0 Å². The molecule has 3 rings (SSSR count). The summed E-state index contributed by atoms with van der Waals surface area (Å²) in [4.78, 5) is 18.2. The molecule has 0 aliphatic heterocycles. The summed E-state index contributed by atoms with van der Waals surface area (Å²) in [7, 11) is 0. The van der Waals surface area contributed by atoms with Crippen LogP contribution in [0.3, 0.4) is 0 Å². The molecule has 0 amide bonds. The van der Waals surface area contributed by atoms with Crippen molar-refractivity contribution in [3.05, 3.63) is 69.9 Å². The van der Waals surface area contributed by atoms with Gasteiger partial charge in [-0.2, -0.15) is 5.26 Å². The third kappa shape index (κ3) is 1.95. The lowest BCUT2D eigenvalue weighted by atomic mass is 10.1. The molecule has 6 heteroatoms. The van der Waals surface area contributed by atoms with Gasteiger partial charge in [0, 0.05) is 18.3 Å². The van der Waals surface area contributed by atoms with Gasteiger partial charge in [-0.15, -0.1) is 0 Å². The minimum Gasteiger partial charge on any atom is -0.325 e. The van der Waals surface area contributed by atoms with Crippen molar-refractivity contribution in [3.63, 3.8) is 0 Å². The molecule has 20 heavy (non-hydrogen) atoms. The number of benzene rings is 1. The van der Waals surface area contributed by atoms with Crippen LogP contribution in [0.2, 0.25) is 0 Å². The number of nitriles is 1. The number of H-pyrrole nitrogens is 1. The van der Waals surface area contributed by atoms with Crippen molar-refractivity contribution in [3.8, 4) is 6.07 Å². The van der Waals surface area contributed by atoms with E-state index in [1.54, 1.807) is 23.0 Å². The summed E-state index contributed by atoms with van der Waals surface area (Å²) in [6.07, 6.45) is 5.08. The number of aromatic nitrogens is 3. The lowest BCUT2D eigenvalue weighted by Gasteiger charge is -2.06. The van der Waals surface area contributed by atoms with Gasteiger partial charge in [-0.3, -0.25) is 9.20 Å². The first-order valence-electron chi connectivity index (χ1n) is 5.90. The quantitative estimate of drug-likeness (QED) is 0.767. The van der Waals surface area contributed by atoms with E-state index in [-0.39, 0.29) is 11.1 Å². The van der Waals surface area contributed by atoms with Crippen molar-refractivity contribution in [2.45, 2.75) is 6.42 Å². The van der Waals surface area contributed by atoms with Gasteiger partial charge in [-0.25, -0.2) is 9.37 Å². The SMILES string of the molecule is N#Cc1cc(Cc2c[nH]c(=O)c3cncn23)ccc1F. The van der Waals surface area contributed by atoms with Crippen molar-refractivity contribution >= 4 is 5.52 Å². The molecular weight excluding hydrogens is 259 g/mol. The Bertz CT molecular complexity index is 888. The zero-order valence-corrected chi connectivity index (χ0v) is 10.3. The maximum atomic E-state index is 13.3. The number of halogens is 1. The zero-order chi connectivity index (χ0) is 14.1. The van der Waals surface area contributed by atoms with Crippen LogP contribution in [0, 0.1) is 17.1 Å². The molecule has 0 aliphatic rings. The Kier molecular flexibility index (Phi) is 2.80. The van der Waals surface area contributed by atoms with Crippen LogP contribution in [0.25, 0.3) is 5.52 Å². The van der Waals surface area contributed by atoms with Crippen molar-refractivity contribution in [2.24, 2.45) is 0 Å². The Hall–Kier alpha value is -2.94. The molecule has 0 aliphatic carbocycles.